The molecular formula is C17H20N2O4. The van der Waals surface area contributed by atoms with Crippen molar-refractivity contribution in [3.63, 3.8) is 0 Å². The van der Waals surface area contributed by atoms with E-state index in [2.05, 4.69) is 5.10 Å². The number of hydrogen-bond donors (Lipinski definition) is 1. The summed E-state index contributed by atoms with van der Waals surface area (Å²) in [5, 5.41) is 14.0. The van der Waals surface area contributed by atoms with Gasteiger partial charge in [0.15, 0.2) is 17.3 Å². The van der Waals surface area contributed by atoms with Crippen LogP contribution in [0.15, 0.2) is 30.6 Å². The molecule has 0 aliphatic carbocycles. The Balaban J connectivity index is 2.23. The first-order valence-corrected chi connectivity index (χ1v) is 7.17. The summed E-state index contributed by atoms with van der Waals surface area (Å²) in [6.07, 6.45) is 6.35. The number of ketones is 1. The SMILES string of the molecule is COc1cc(C=CC(=O)c2cnn(C(C)C)c2)cc(OC)c1O. The van der Waals surface area contributed by atoms with Crippen LogP contribution < -0.4 is 9.47 Å². The number of nitrogens with zero attached hydrogens (tertiary/aromatic N) is 2. The molecule has 1 heterocycles. The minimum atomic E-state index is -0.150. The molecule has 0 aliphatic heterocycles. The van der Waals surface area contributed by atoms with E-state index < -0.39 is 0 Å². The van der Waals surface area contributed by atoms with Gasteiger partial charge in [-0.05, 0) is 37.6 Å². The van der Waals surface area contributed by atoms with Gasteiger partial charge in [-0.25, -0.2) is 0 Å². The fraction of sp³-hybridized carbons (Fsp3) is 0.294. The van der Waals surface area contributed by atoms with E-state index in [4.69, 9.17) is 9.47 Å². The highest BCUT2D eigenvalue weighted by Crippen LogP contribution is 2.37. The van der Waals surface area contributed by atoms with Crippen LogP contribution in [0, 0.1) is 0 Å². The van der Waals surface area contributed by atoms with Gasteiger partial charge in [-0.2, -0.15) is 5.10 Å². The summed E-state index contributed by atoms with van der Waals surface area (Å²) in [6.45, 7) is 3.98. The van der Waals surface area contributed by atoms with Crippen molar-refractivity contribution >= 4 is 11.9 Å². The van der Waals surface area contributed by atoms with Crippen LogP contribution in [0.5, 0.6) is 17.2 Å². The van der Waals surface area contributed by atoms with Crippen LogP contribution in [-0.2, 0) is 0 Å². The van der Waals surface area contributed by atoms with E-state index >= 15 is 0 Å². The lowest BCUT2D eigenvalue weighted by Crippen LogP contribution is -2.00. The first kappa shape index (κ1) is 16.6. The average Bonchev–Trinajstić information content (AvgIpc) is 3.03. The van der Waals surface area contributed by atoms with Crippen molar-refractivity contribution in [1.29, 1.82) is 0 Å². The van der Waals surface area contributed by atoms with Gasteiger partial charge in [0.05, 0.1) is 26.0 Å². The number of benzene rings is 1. The molecule has 6 heteroatoms. The van der Waals surface area contributed by atoms with Crippen molar-refractivity contribution in [3.05, 3.63) is 41.7 Å². The van der Waals surface area contributed by atoms with E-state index in [0.29, 0.717) is 11.1 Å². The number of phenolic OH excluding ortho intramolecular Hbond substituents is 1. The van der Waals surface area contributed by atoms with Gasteiger partial charge in [-0.1, -0.05) is 6.08 Å². The summed E-state index contributed by atoms with van der Waals surface area (Å²) in [4.78, 5) is 12.2. The number of hydrogen-bond acceptors (Lipinski definition) is 5. The second-order valence-electron chi connectivity index (χ2n) is 5.27. The number of carbonyl (C=O) groups excluding carboxylic acids is 1. The Morgan fingerprint density at radius 3 is 2.35 bits per heavy atom. The average molecular weight is 316 g/mol. The quantitative estimate of drug-likeness (QED) is 0.655. The van der Waals surface area contributed by atoms with Crippen molar-refractivity contribution in [2.45, 2.75) is 19.9 Å². The van der Waals surface area contributed by atoms with Crippen LogP contribution in [0.1, 0.15) is 35.8 Å². The Morgan fingerprint density at radius 2 is 1.87 bits per heavy atom. The molecule has 0 saturated carbocycles. The minimum Gasteiger partial charge on any atom is -0.502 e. The van der Waals surface area contributed by atoms with Gasteiger partial charge >= 0.3 is 0 Å². The normalized spacial score (nSPS) is 11.2. The molecule has 0 radical (unpaired) electrons. The Hall–Kier alpha value is -2.76. The van der Waals surface area contributed by atoms with E-state index in [9.17, 15) is 9.90 Å². The van der Waals surface area contributed by atoms with Crippen LogP contribution in [0.4, 0.5) is 0 Å². The Morgan fingerprint density at radius 1 is 1.26 bits per heavy atom. The van der Waals surface area contributed by atoms with Crippen LogP contribution >= 0.6 is 0 Å². The van der Waals surface area contributed by atoms with Gasteiger partial charge in [-0.3, -0.25) is 9.48 Å². The molecule has 0 unspecified atom stereocenters. The molecule has 2 rings (SSSR count). The molecule has 6 nitrogen and oxygen atoms in total. The minimum absolute atomic E-state index is 0.0725. The van der Waals surface area contributed by atoms with Crippen molar-refractivity contribution in [3.8, 4) is 17.2 Å². The zero-order valence-corrected chi connectivity index (χ0v) is 13.6. The number of carbonyl (C=O) groups is 1. The molecule has 0 spiro atoms. The summed E-state index contributed by atoms with van der Waals surface area (Å²) >= 11 is 0. The van der Waals surface area contributed by atoms with E-state index in [1.807, 2.05) is 13.8 Å². The maximum atomic E-state index is 12.2. The summed E-state index contributed by atoms with van der Waals surface area (Å²) in [5.74, 6) is 0.341. The summed E-state index contributed by atoms with van der Waals surface area (Å²) < 4.78 is 11.9. The number of rotatable bonds is 6. The molecule has 23 heavy (non-hydrogen) atoms. The predicted octanol–water partition coefficient (Wildman–Crippen LogP) is 3.08. The smallest absolute Gasteiger partial charge is 0.200 e. The number of phenols is 1. The number of aromatic nitrogens is 2. The lowest BCUT2D eigenvalue weighted by atomic mass is 10.1. The Bertz CT molecular complexity index is 707. The Labute approximate surface area is 135 Å². The molecule has 1 aromatic carbocycles. The zero-order valence-electron chi connectivity index (χ0n) is 13.6. The topological polar surface area (TPSA) is 73.6 Å². The lowest BCUT2D eigenvalue weighted by molar-refractivity contribution is 0.104. The van der Waals surface area contributed by atoms with E-state index in [1.165, 1.54) is 20.3 Å². The highest BCUT2D eigenvalue weighted by atomic mass is 16.5. The first-order valence-electron chi connectivity index (χ1n) is 7.17. The fourth-order valence-corrected chi connectivity index (χ4v) is 2.03. The monoisotopic (exact) mass is 316 g/mol. The molecule has 122 valence electrons. The van der Waals surface area contributed by atoms with Gasteiger partial charge in [0.2, 0.25) is 5.75 Å². The third kappa shape index (κ3) is 3.71. The summed E-state index contributed by atoms with van der Waals surface area (Å²) in [7, 11) is 2.90. The van der Waals surface area contributed by atoms with E-state index in [1.54, 1.807) is 35.3 Å². The molecular weight excluding hydrogens is 296 g/mol. The maximum Gasteiger partial charge on any atom is 0.200 e. The molecule has 0 amide bonds. The number of methoxy groups -OCH3 is 2. The van der Waals surface area contributed by atoms with Gasteiger partial charge in [0.1, 0.15) is 0 Å². The van der Waals surface area contributed by atoms with Gasteiger partial charge in [-0.15, -0.1) is 0 Å². The van der Waals surface area contributed by atoms with E-state index in [0.717, 1.165) is 0 Å². The standard InChI is InChI=1S/C17H20N2O4/c1-11(2)19-10-13(9-18-19)14(20)6-5-12-7-15(22-3)17(21)16(8-12)23-4/h5-11,21H,1-4H3. The maximum absolute atomic E-state index is 12.2. The largest absolute Gasteiger partial charge is 0.502 e. The van der Waals surface area contributed by atoms with Crippen molar-refractivity contribution < 1.29 is 19.4 Å². The fourth-order valence-electron chi connectivity index (χ4n) is 2.03. The molecule has 0 bridgehead atoms. The molecule has 0 fully saturated rings. The molecule has 1 N–H and O–H groups in total. The number of ether oxygens (including phenoxy) is 2. The first-order chi connectivity index (χ1) is 11.0. The van der Waals surface area contributed by atoms with Crippen LogP contribution in [0.3, 0.4) is 0 Å². The molecule has 0 aliphatic rings. The van der Waals surface area contributed by atoms with Gasteiger partial charge < -0.3 is 14.6 Å². The third-order valence-corrected chi connectivity index (χ3v) is 3.34. The van der Waals surface area contributed by atoms with Crippen LogP contribution in [-0.4, -0.2) is 34.9 Å². The van der Waals surface area contributed by atoms with Crippen molar-refractivity contribution in [2.75, 3.05) is 14.2 Å². The summed E-state index contributed by atoms with van der Waals surface area (Å²) in [5.41, 5.74) is 1.20. The van der Waals surface area contributed by atoms with E-state index in [-0.39, 0.29) is 29.1 Å². The molecule has 1 aromatic heterocycles. The zero-order chi connectivity index (χ0) is 17.0. The molecule has 0 atom stereocenters. The van der Waals surface area contributed by atoms with Crippen molar-refractivity contribution in [1.82, 2.24) is 9.78 Å². The lowest BCUT2D eigenvalue weighted by Gasteiger charge is -2.09. The highest BCUT2D eigenvalue weighted by molar-refractivity contribution is 6.06. The number of allylic oxidation sites excluding steroid dienone is 1. The molecule has 0 saturated heterocycles. The second kappa shape index (κ2) is 7.00. The second-order valence-corrected chi connectivity index (χ2v) is 5.27. The van der Waals surface area contributed by atoms with Crippen molar-refractivity contribution in [2.24, 2.45) is 0 Å². The molecule has 2 aromatic rings. The van der Waals surface area contributed by atoms with Gasteiger partial charge in [0.25, 0.3) is 0 Å². The summed E-state index contributed by atoms with van der Waals surface area (Å²) in [6, 6.07) is 3.45. The van der Waals surface area contributed by atoms with Crippen LogP contribution in [0.2, 0.25) is 0 Å². The number of aromatic hydroxyl groups is 1. The van der Waals surface area contributed by atoms with Crippen LogP contribution in [0.25, 0.3) is 6.08 Å². The predicted molar refractivity (Wildman–Crippen MR) is 87.2 cm³/mol. The highest BCUT2D eigenvalue weighted by Gasteiger charge is 2.11. The third-order valence-electron chi connectivity index (χ3n) is 3.34. The van der Waals surface area contributed by atoms with Gasteiger partial charge in [0, 0.05) is 12.2 Å². The Kier molecular flexibility index (Phi) is 5.05.